The maximum absolute atomic E-state index is 13.6. The van der Waals surface area contributed by atoms with Crippen LogP contribution in [-0.2, 0) is 0 Å². The Morgan fingerprint density at radius 2 is 1.45 bits per heavy atom. The molecule has 0 spiro atoms. The van der Waals surface area contributed by atoms with Gasteiger partial charge in [0, 0.05) is 5.56 Å². The summed E-state index contributed by atoms with van der Waals surface area (Å²) in [5.41, 5.74) is -0.450. The second kappa shape index (κ2) is 11.9. The zero-order chi connectivity index (χ0) is 21.4. The van der Waals surface area contributed by atoms with Crippen LogP contribution >= 0.6 is 60.7 Å². The Morgan fingerprint density at radius 1 is 0.931 bits per heavy atom. The minimum Gasteiger partial charge on any atom is -0.490 e. The summed E-state index contributed by atoms with van der Waals surface area (Å²) in [6, 6.07) is 5.86. The first-order valence-corrected chi connectivity index (χ1v) is 11.0. The van der Waals surface area contributed by atoms with Crippen LogP contribution in [0.4, 0.5) is 25.1 Å². The molecule has 0 saturated heterocycles. The lowest BCUT2D eigenvalue weighted by atomic mass is 10.2. The third kappa shape index (κ3) is 5.51. The maximum atomic E-state index is 13.6. The Morgan fingerprint density at radius 3 is 1.93 bits per heavy atom. The van der Waals surface area contributed by atoms with E-state index in [2.05, 4.69) is 11.9 Å². The highest BCUT2D eigenvalue weighted by atomic mass is 32.2. The van der Waals surface area contributed by atoms with Crippen LogP contribution in [0.5, 0.6) is 5.75 Å². The molecule has 2 aromatic rings. The predicted octanol–water partition coefficient (Wildman–Crippen LogP) is 8.39. The molecule has 0 aliphatic carbocycles. The van der Waals surface area contributed by atoms with Crippen LogP contribution in [0.3, 0.4) is 0 Å². The fourth-order valence-corrected chi connectivity index (χ4v) is 5.03. The van der Waals surface area contributed by atoms with Gasteiger partial charge in [0.1, 0.15) is 12.4 Å². The Bertz CT molecular complexity index is 869. The summed E-state index contributed by atoms with van der Waals surface area (Å²) in [5, 5.41) is 2.25. The zero-order valence-electron chi connectivity index (χ0n) is 14.0. The van der Waals surface area contributed by atoms with E-state index in [4.69, 9.17) is 4.74 Å². The number of anilines is 1. The first-order valence-electron chi connectivity index (χ1n) is 7.38. The van der Waals surface area contributed by atoms with Crippen molar-refractivity contribution in [1.82, 2.24) is 0 Å². The van der Waals surface area contributed by atoms with Crippen LogP contribution in [0.15, 0.2) is 61.4 Å². The average Bonchev–Trinajstić information content (AvgIpc) is 2.76. The van der Waals surface area contributed by atoms with Crippen LogP contribution in [0.1, 0.15) is 10.4 Å². The van der Waals surface area contributed by atoms with E-state index in [1.54, 1.807) is 6.07 Å². The second-order valence-corrected chi connectivity index (χ2v) is 7.80. The molecule has 2 aromatic carbocycles. The van der Waals surface area contributed by atoms with Crippen molar-refractivity contribution in [3.63, 3.8) is 0 Å². The molecule has 0 aliphatic rings. The van der Waals surface area contributed by atoms with Gasteiger partial charge in [-0.3, -0.25) is 4.79 Å². The van der Waals surface area contributed by atoms with Gasteiger partial charge in [-0.1, -0.05) is 18.7 Å². The number of rotatable bonds is 10. The van der Waals surface area contributed by atoms with E-state index in [0.717, 1.165) is 0 Å². The van der Waals surface area contributed by atoms with Gasteiger partial charge >= 0.3 is 0 Å². The van der Waals surface area contributed by atoms with Crippen LogP contribution < -0.4 is 10.1 Å². The van der Waals surface area contributed by atoms with Crippen molar-refractivity contribution in [2.75, 3.05) is 11.9 Å². The highest BCUT2D eigenvalue weighted by molar-refractivity contribution is 8.00. The Kier molecular flexibility index (Phi) is 9.89. The fraction of sp³-hybridized carbons (Fsp3) is 0.0625. The molecular weight excluding hydrogens is 494 g/mol. The molecule has 0 saturated carbocycles. The molecule has 0 radical (unpaired) electrons. The number of hydrogen-bond donors (Lipinski definition) is 1. The maximum Gasteiger partial charge on any atom is 0.255 e. The third-order valence-electron chi connectivity index (χ3n) is 3.37. The van der Waals surface area contributed by atoms with Gasteiger partial charge in [-0.05, 0) is 18.2 Å². The Labute approximate surface area is 185 Å². The minimum absolute atomic E-state index is 0.0593. The van der Waals surface area contributed by atoms with Crippen molar-refractivity contribution in [3.8, 4) is 5.75 Å². The number of amides is 1. The zero-order valence-corrected chi connectivity index (χ0v) is 18.1. The summed E-state index contributed by atoms with van der Waals surface area (Å²) < 4.78 is 72.4. The number of carbonyl (C=O) groups excluding carboxylic acids is 1. The van der Waals surface area contributed by atoms with Gasteiger partial charge in [-0.2, -0.15) is 19.4 Å². The van der Waals surface area contributed by atoms with Crippen molar-refractivity contribution in [3.05, 3.63) is 42.5 Å². The number of hydrogen-bond acceptors (Lipinski definition) is 7. The van der Waals surface area contributed by atoms with E-state index in [1.165, 1.54) is 24.3 Å². The number of benzene rings is 2. The predicted molar refractivity (Wildman–Crippen MR) is 111 cm³/mol. The van der Waals surface area contributed by atoms with Gasteiger partial charge in [-0.25, -0.2) is 0 Å². The summed E-state index contributed by atoms with van der Waals surface area (Å²) in [5.74, 6) is -0.480. The molecule has 0 atom stereocenters. The molecule has 0 fully saturated rings. The summed E-state index contributed by atoms with van der Waals surface area (Å²) in [4.78, 5) is 9.60. The van der Waals surface area contributed by atoms with Crippen LogP contribution in [-0.4, -0.2) is 12.5 Å². The van der Waals surface area contributed by atoms with Crippen molar-refractivity contribution >= 4 is 72.3 Å². The topological polar surface area (TPSA) is 38.3 Å². The molecule has 0 heterocycles. The molecule has 2 rings (SSSR count). The number of carbonyl (C=O) groups is 1. The lowest BCUT2D eigenvalue weighted by molar-refractivity contribution is 0.102. The first-order chi connectivity index (χ1) is 14.1. The standard InChI is InChI=1S/C16H10F5NO2S5/c1-2-6-24-9-5-3-4-8(7-9)16(23)22-10-11(25-17)13(27-19)15(29-21)14(28-20)12(10)26-18/h2-5,7H,1,6H2,(H,22,23). The van der Waals surface area contributed by atoms with Gasteiger partial charge < -0.3 is 10.1 Å². The van der Waals surface area contributed by atoms with Crippen molar-refractivity contribution < 1.29 is 29.0 Å². The van der Waals surface area contributed by atoms with Crippen molar-refractivity contribution in [2.24, 2.45) is 0 Å². The smallest absolute Gasteiger partial charge is 0.255 e. The molecule has 0 aliphatic heterocycles. The molecule has 3 nitrogen and oxygen atoms in total. The Balaban J connectivity index is 2.53. The molecule has 0 aromatic heterocycles. The summed E-state index contributed by atoms with van der Waals surface area (Å²) >= 11 is -2.70. The van der Waals surface area contributed by atoms with E-state index in [0.29, 0.717) is 5.75 Å². The largest absolute Gasteiger partial charge is 0.490 e. The monoisotopic (exact) mass is 503 g/mol. The average molecular weight is 504 g/mol. The minimum atomic E-state index is -0.815. The molecule has 1 N–H and O–H groups in total. The van der Waals surface area contributed by atoms with Gasteiger partial charge in [0.2, 0.25) is 0 Å². The molecule has 156 valence electrons. The number of halogens is 5. The second-order valence-electron chi connectivity index (χ2n) is 4.99. The SMILES string of the molecule is C=CCOc1cccc(C(=O)Nc2c(SF)c(SF)c(SF)c(SF)c2SF)c1. The molecule has 1 amide bonds. The highest BCUT2D eigenvalue weighted by Gasteiger charge is 2.29. The first kappa shape index (κ1) is 24.1. The van der Waals surface area contributed by atoms with E-state index < -0.39 is 96.8 Å². The molecule has 0 unspecified atom stereocenters. The van der Waals surface area contributed by atoms with Gasteiger partial charge in [0.25, 0.3) is 5.91 Å². The number of nitrogens with one attached hydrogen (secondary N) is 1. The van der Waals surface area contributed by atoms with Crippen molar-refractivity contribution in [1.29, 1.82) is 0 Å². The lowest BCUT2D eigenvalue weighted by Gasteiger charge is -2.18. The summed E-state index contributed by atoms with van der Waals surface area (Å²) in [6.07, 6.45) is 1.50. The third-order valence-corrected chi connectivity index (χ3v) is 6.70. The van der Waals surface area contributed by atoms with Crippen LogP contribution in [0.25, 0.3) is 0 Å². The molecule has 29 heavy (non-hydrogen) atoms. The van der Waals surface area contributed by atoms with E-state index in [1.807, 2.05) is 0 Å². The highest BCUT2D eigenvalue weighted by Crippen LogP contribution is 2.54. The molecule has 13 heteroatoms. The van der Waals surface area contributed by atoms with E-state index >= 15 is 0 Å². The summed E-state index contributed by atoms with van der Waals surface area (Å²) in [7, 11) is 0. The van der Waals surface area contributed by atoms with Gasteiger partial charge in [0.15, 0.2) is 0 Å². The fourth-order valence-electron chi connectivity index (χ4n) is 2.18. The lowest BCUT2D eigenvalue weighted by Crippen LogP contribution is -2.14. The van der Waals surface area contributed by atoms with Gasteiger partial charge in [0.05, 0.1) is 90.9 Å². The van der Waals surface area contributed by atoms with Crippen LogP contribution in [0, 0.1) is 0 Å². The quantitative estimate of drug-likeness (QED) is 0.258. The normalized spacial score (nSPS) is 10.7. The van der Waals surface area contributed by atoms with Crippen molar-refractivity contribution in [2.45, 2.75) is 24.5 Å². The van der Waals surface area contributed by atoms with E-state index in [9.17, 15) is 24.2 Å². The van der Waals surface area contributed by atoms with Gasteiger partial charge in [-0.15, -0.1) is 0 Å². The number of ether oxygens (including phenoxy) is 1. The Hall–Kier alpha value is -1.15. The summed E-state index contributed by atoms with van der Waals surface area (Å²) in [6.45, 7) is 3.69. The van der Waals surface area contributed by atoms with Crippen LogP contribution in [0.2, 0.25) is 0 Å². The molecular formula is C16H10F5NO2S5. The van der Waals surface area contributed by atoms with E-state index in [-0.39, 0.29) is 12.2 Å². The molecule has 0 bridgehead atoms.